The minimum atomic E-state index is -1.02. The zero-order chi connectivity index (χ0) is 12.1. The molecule has 1 rings (SSSR count). The van der Waals surface area contributed by atoms with Crippen molar-refractivity contribution in [3.8, 4) is 0 Å². The van der Waals surface area contributed by atoms with Crippen LogP contribution < -0.4 is 5.32 Å². The Bertz CT molecular complexity index is 389. The van der Waals surface area contributed by atoms with Crippen molar-refractivity contribution in [1.29, 1.82) is 0 Å². The van der Waals surface area contributed by atoms with Gasteiger partial charge in [-0.05, 0) is 30.7 Å². The molecule has 0 saturated heterocycles. The lowest BCUT2D eigenvalue weighted by Crippen LogP contribution is -2.40. The Hall–Kier alpha value is -1.36. The highest BCUT2D eigenvalue weighted by Crippen LogP contribution is 2.10. The van der Waals surface area contributed by atoms with Crippen molar-refractivity contribution in [2.75, 3.05) is 0 Å². The Morgan fingerprint density at radius 3 is 2.38 bits per heavy atom. The van der Waals surface area contributed by atoms with Crippen molar-refractivity contribution < 1.29 is 14.7 Å². The molecule has 0 heterocycles. The molecule has 4 nitrogen and oxygen atoms in total. The molecule has 0 aliphatic heterocycles. The summed E-state index contributed by atoms with van der Waals surface area (Å²) in [6, 6.07) is 5.89. The minimum absolute atomic E-state index is 0.359. The predicted octanol–water partition coefficient (Wildman–Crippen LogP) is 2.04. The molecule has 0 aliphatic carbocycles. The summed E-state index contributed by atoms with van der Waals surface area (Å²) in [6.45, 7) is 1.71. The second kappa shape index (κ2) is 5.65. The summed E-state index contributed by atoms with van der Waals surface area (Å²) in [5.74, 6) is -1.39. The monoisotopic (exact) mass is 285 g/mol. The Balaban J connectivity index is 2.71. The highest BCUT2D eigenvalue weighted by molar-refractivity contribution is 9.10. The first kappa shape index (κ1) is 12.7. The third-order valence-electron chi connectivity index (χ3n) is 2.12. The molecule has 1 aromatic carbocycles. The zero-order valence-corrected chi connectivity index (χ0v) is 10.3. The van der Waals surface area contributed by atoms with Gasteiger partial charge in [-0.15, -0.1) is 0 Å². The van der Waals surface area contributed by atoms with Gasteiger partial charge in [0.25, 0.3) is 5.91 Å². The predicted molar refractivity (Wildman–Crippen MR) is 63.3 cm³/mol. The topological polar surface area (TPSA) is 66.4 Å². The maximum Gasteiger partial charge on any atom is 0.326 e. The van der Waals surface area contributed by atoms with Crippen molar-refractivity contribution in [2.45, 2.75) is 19.4 Å². The molecule has 86 valence electrons. The molecule has 1 atom stereocenters. The van der Waals surface area contributed by atoms with Crippen LogP contribution in [-0.2, 0) is 4.79 Å². The second-order valence-corrected chi connectivity index (χ2v) is 4.20. The molecule has 1 unspecified atom stereocenters. The van der Waals surface area contributed by atoms with Crippen LogP contribution in [-0.4, -0.2) is 23.0 Å². The van der Waals surface area contributed by atoms with Gasteiger partial charge in [0.15, 0.2) is 0 Å². The van der Waals surface area contributed by atoms with Crippen molar-refractivity contribution >= 4 is 27.8 Å². The molecular weight excluding hydrogens is 274 g/mol. The fourth-order valence-corrected chi connectivity index (χ4v) is 1.45. The van der Waals surface area contributed by atoms with E-state index >= 15 is 0 Å². The van der Waals surface area contributed by atoms with Gasteiger partial charge in [-0.3, -0.25) is 4.79 Å². The average molecular weight is 286 g/mol. The third kappa shape index (κ3) is 3.34. The van der Waals surface area contributed by atoms with E-state index in [0.717, 1.165) is 4.47 Å². The van der Waals surface area contributed by atoms with Crippen molar-refractivity contribution in [1.82, 2.24) is 5.32 Å². The summed E-state index contributed by atoms with van der Waals surface area (Å²) < 4.78 is 0.870. The Morgan fingerprint density at radius 2 is 1.94 bits per heavy atom. The van der Waals surface area contributed by atoms with Gasteiger partial charge in [-0.1, -0.05) is 22.9 Å². The molecule has 16 heavy (non-hydrogen) atoms. The highest BCUT2D eigenvalue weighted by atomic mass is 79.9. The van der Waals surface area contributed by atoms with Crippen LogP contribution in [0.15, 0.2) is 28.7 Å². The van der Waals surface area contributed by atoms with Gasteiger partial charge in [0.1, 0.15) is 6.04 Å². The number of amides is 1. The highest BCUT2D eigenvalue weighted by Gasteiger charge is 2.18. The zero-order valence-electron chi connectivity index (χ0n) is 8.74. The van der Waals surface area contributed by atoms with Crippen molar-refractivity contribution in [3.05, 3.63) is 34.3 Å². The first-order valence-corrected chi connectivity index (χ1v) is 5.63. The smallest absolute Gasteiger partial charge is 0.326 e. The van der Waals surface area contributed by atoms with Crippen molar-refractivity contribution in [2.24, 2.45) is 0 Å². The van der Waals surface area contributed by atoms with E-state index in [4.69, 9.17) is 5.11 Å². The fourth-order valence-electron chi connectivity index (χ4n) is 1.18. The van der Waals surface area contributed by atoms with E-state index < -0.39 is 12.0 Å². The van der Waals surface area contributed by atoms with E-state index in [9.17, 15) is 9.59 Å². The molecule has 5 heteroatoms. The van der Waals surface area contributed by atoms with E-state index in [0.29, 0.717) is 12.0 Å². The first-order valence-electron chi connectivity index (χ1n) is 4.83. The number of carboxylic acids is 1. The van der Waals surface area contributed by atoms with Crippen LogP contribution >= 0.6 is 15.9 Å². The SMILES string of the molecule is CCC(NC(=O)c1ccc(Br)cc1)C(=O)O. The number of hydrogen-bond acceptors (Lipinski definition) is 2. The molecular formula is C11H12BrNO3. The lowest BCUT2D eigenvalue weighted by Gasteiger charge is -2.12. The maximum absolute atomic E-state index is 11.6. The maximum atomic E-state index is 11.6. The van der Waals surface area contributed by atoms with Gasteiger partial charge < -0.3 is 10.4 Å². The molecule has 0 bridgehead atoms. The third-order valence-corrected chi connectivity index (χ3v) is 2.65. The molecule has 0 aromatic heterocycles. The molecule has 0 aliphatic rings. The molecule has 0 saturated carbocycles. The number of rotatable bonds is 4. The Morgan fingerprint density at radius 1 is 1.38 bits per heavy atom. The number of carbonyl (C=O) groups is 2. The summed E-state index contributed by atoms with van der Waals surface area (Å²) in [4.78, 5) is 22.4. The first-order chi connectivity index (χ1) is 7.54. The number of aliphatic carboxylic acids is 1. The molecule has 1 aromatic rings. The summed E-state index contributed by atoms with van der Waals surface area (Å²) in [6.07, 6.45) is 0.359. The van der Waals surface area contributed by atoms with Crippen LogP contribution in [0.3, 0.4) is 0 Å². The van der Waals surface area contributed by atoms with Crippen LogP contribution in [0.1, 0.15) is 23.7 Å². The van der Waals surface area contributed by atoms with E-state index in [1.165, 1.54) is 0 Å². The number of hydrogen-bond donors (Lipinski definition) is 2. The summed E-state index contributed by atoms with van der Waals surface area (Å²) in [7, 11) is 0. The fraction of sp³-hybridized carbons (Fsp3) is 0.273. The van der Waals surface area contributed by atoms with Crippen LogP contribution in [0.5, 0.6) is 0 Å². The van der Waals surface area contributed by atoms with Gasteiger partial charge in [-0.2, -0.15) is 0 Å². The van der Waals surface area contributed by atoms with Crippen LogP contribution in [0, 0.1) is 0 Å². The quantitative estimate of drug-likeness (QED) is 0.890. The molecule has 2 N–H and O–H groups in total. The number of nitrogens with one attached hydrogen (secondary N) is 1. The van der Waals surface area contributed by atoms with E-state index in [2.05, 4.69) is 21.2 Å². The summed E-state index contributed by atoms with van der Waals surface area (Å²) >= 11 is 3.26. The van der Waals surface area contributed by atoms with E-state index in [1.807, 2.05) is 0 Å². The van der Waals surface area contributed by atoms with Gasteiger partial charge in [0, 0.05) is 10.0 Å². The normalized spacial score (nSPS) is 11.9. The number of carboxylic acid groups (broad SMARTS) is 1. The lowest BCUT2D eigenvalue weighted by atomic mass is 10.1. The van der Waals surface area contributed by atoms with E-state index in [-0.39, 0.29) is 5.91 Å². The van der Waals surface area contributed by atoms with Gasteiger partial charge in [-0.25, -0.2) is 4.79 Å². The standard InChI is InChI=1S/C11H12BrNO3/c1-2-9(11(15)16)13-10(14)7-3-5-8(12)6-4-7/h3-6,9H,2H2,1H3,(H,13,14)(H,15,16). The van der Waals surface area contributed by atoms with Gasteiger partial charge in [0.05, 0.1) is 0 Å². The van der Waals surface area contributed by atoms with Crippen LogP contribution in [0.2, 0.25) is 0 Å². The van der Waals surface area contributed by atoms with Crippen LogP contribution in [0.4, 0.5) is 0 Å². The number of benzene rings is 1. The van der Waals surface area contributed by atoms with E-state index in [1.54, 1.807) is 31.2 Å². The van der Waals surface area contributed by atoms with Gasteiger partial charge >= 0.3 is 5.97 Å². The molecule has 0 fully saturated rings. The second-order valence-electron chi connectivity index (χ2n) is 3.28. The molecule has 0 radical (unpaired) electrons. The molecule has 1 amide bonds. The number of carbonyl (C=O) groups excluding carboxylic acids is 1. The Labute approximate surface area is 102 Å². The Kier molecular flexibility index (Phi) is 4.49. The summed E-state index contributed by atoms with van der Waals surface area (Å²) in [5, 5.41) is 11.2. The lowest BCUT2D eigenvalue weighted by molar-refractivity contribution is -0.139. The van der Waals surface area contributed by atoms with Crippen molar-refractivity contribution in [3.63, 3.8) is 0 Å². The van der Waals surface area contributed by atoms with Crippen LogP contribution in [0.25, 0.3) is 0 Å². The molecule has 0 spiro atoms. The van der Waals surface area contributed by atoms with Gasteiger partial charge in [0.2, 0.25) is 0 Å². The number of halogens is 1. The minimum Gasteiger partial charge on any atom is -0.480 e. The summed E-state index contributed by atoms with van der Waals surface area (Å²) in [5.41, 5.74) is 0.447. The largest absolute Gasteiger partial charge is 0.480 e. The average Bonchev–Trinajstić information content (AvgIpc) is 2.26.